The van der Waals surface area contributed by atoms with Crippen LogP contribution < -0.4 is 15.4 Å². The van der Waals surface area contributed by atoms with Crippen LogP contribution in [0.4, 0.5) is 0 Å². The number of nitrogens with one attached hydrogen (secondary N) is 2. The molecule has 2 aromatic rings. The van der Waals surface area contributed by atoms with Gasteiger partial charge in [0, 0.05) is 31.9 Å². The number of ether oxygens (including phenoxy) is 1. The van der Waals surface area contributed by atoms with Crippen molar-refractivity contribution in [3.05, 3.63) is 48.3 Å². The van der Waals surface area contributed by atoms with Crippen LogP contribution in [-0.2, 0) is 13.6 Å². The van der Waals surface area contributed by atoms with Crippen molar-refractivity contribution in [2.45, 2.75) is 19.9 Å². The Morgan fingerprint density at radius 3 is 2.71 bits per heavy atom. The van der Waals surface area contributed by atoms with E-state index in [1.165, 1.54) is 0 Å². The van der Waals surface area contributed by atoms with Crippen LogP contribution in [0.5, 0.6) is 5.75 Å². The molecule has 132 valence electrons. The average molecular weight is 443 g/mol. The maximum atomic E-state index is 5.67. The first-order valence-electron chi connectivity index (χ1n) is 7.95. The Morgan fingerprint density at radius 1 is 1.25 bits per heavy atom. The highest BCUT2D eigenvalue weighted by atomic mass is 127. The molecule has 24 heavy (non-hydrogen) atoms. The van der Waals surface area contributed by atoms with E-state index in [0.717, 1.165) is 36.8 Å². The topological polar surface area (TPSA) is 63.5 Å². The van der Waals surface area contributed by atoms with Crippen molar-refractivity contribution in [1.82, 2.24) is 20.4 Å². The van der Waals surface area contributed by atoms with Crippen molar-refractivity contribution in [2.24, 2.45) is 12.0 Å². The van der Waals surface area contributed by atoms with Crippen molar-refractivity contribution in [3.63, 3.8) is 0 Å². The second-order valence-corrected chi connectivity index (χ2v) is 5.16. The third kappa shape index (κ3) is 7.67. The summed E-state index contributed by atoms with van der Waals surface area (Å²) in [5.74, 6) is 1.72. The number of hydrogen-bond donors (Lipinski definition) is 2. The Hall–Kier alpha value is -1.77. The molecular formula is C17H26IN5O. The summed E-state index contributed by atoms with van der Waals surface area (Å²) in [6, 6.07) is 9.86. The highest BCUT2D eigenvalue weighted by Crippen LogP contribution is 2.08. The number of benzene rings is 1. The first kappa shape index (κ1) is 20.3. The summed E-state index contributed by atoms with van der Waals surface area (Å²) in [4.78, 5) is 4.55. The largest absolute Gasteiger partial charge is 0.494 e. The van der Waals surface area contributed by atoms with Gasteiger partial charge in [0.25, 0.3) is 0 Å². The SMILES string of the molecule is CCNC(=NCc1cnn(C)c1)NCCCOc1ccccc1.I. The zero-order chi connectivity index (χ0) is 16.3. The fourth-order valence-corrected chi connectivity index (χ4v) is 2.05. The molecule has 0 saturated heterocycles. The van der Waals surface area contributed by atoms with Crippen LogP contribution in [0, 0.1) is 0 Å². The Bertz CT molecular complexity index is 600. The van der Waals surface area contributed by atoms with Gasteiger partial charge in [-0.25, -0.2) is 4.99 Å². The van der Waals surface area contributed by atoms with E-state index in [1.54, 1.807) is 4.68 Å². The van der Waals surface area contributed by atoms with Gasteiger partial charge in [0.1, 0.15) is 5.75 Å². The average Bonchev–Trinajstić information content (AvgIpc) is 2.98. The molecule has 2 rings (SSSR count). The summed E-state index contributed by atoms with van der Waals surface area (Å²) in [7, 11) is 1.91. The van der Waals surface area contributed by atoms with Gasteiger partial charge in [0.05, 0.1) is 19.3 Å². The van der Waals surface area contributed by atoms with Crippen LogP contribution in [0.15, 0.2) is 47.7 Å². The quantitative estimate of drug-likeness (QED) is 0.285. The van der Waals surface area contributed by atoms with E-state index >= 15 is 0 Å². The number of aliphatic imine (C=N–C) groups is 1. The second kappa shape index (κ2) is 11.7. The van der Waals surface area contributed by atoms with Crippen LogP contribution in [0.1, 0.15) is 18.9 Å². The minimum absolute atomic E-state index is 0. The van der Waals surface area contributed by atoms with Crippen LogP contribution in [-0.4, -0.2) is 35.4 Å². The van der Waals surface area contributed by atoms with E-state index in [-0.39, 0.29) is 24.0 Å². The Kier molecular flexibility index (Phi) is 9.90. The molecule has 0 spiro atoms. The van der Waals surface area contributed by atoms with Gasteiger partial charge in [-0.2, -0.15) is 5.10 Å². The summed E-state index contributed by atoms with van der Waals surface area (Å²) in [5.41, 5.74) is 1.09. The summed E-state index contributed by atoms with van der Waals surface area (Å²) >= 11 is 0. The van der Waals surface area contributed by atoms with E-state index in [0.29, 0.717) is 13.2 Å². The van der Waals surface area contributed by atoms with Gasteiger partial charge in [0.2, 0.25) is 0 Å². The van der Waals surface area contributed by atoms with E-state index in [1.807, 2.05) is 49.8 Å². The Balaban J connectivity index is 0.00000288. The molecule has 2 N–H and O–H groups in total. The molecule has 0 aliphatic carbocycles. The van der Waals surface area contributed by atoms with E-state index in [4.69, 9.17) is 4.74 Å². The highest BCUT2D eigenvalue weighted by Gasteiger charge is 1.99. The maximum Gasteiger partial charge on any atom is 0.191 e. The van der Waals surface area contributed by atoms with Gasteiger partial charge in [-0.3, -0.25) is 4.68 Å². The molecule has 0 amide bonds. The molecular weight excluding hydrogens is 417 g/mol. The highest BCUT2D eigenvalue weighted by molar-refractivity contribution is 14.0. The first-order chi connectivity index (χ1) is 11.3. The minimum atomic E-state index is 0. The number of halogens is 1. The predicted molar refractivity (Wildman–Crippen MR) is 108 cm³/mol. The Morgan fingerprint density at radius 2 is 2.04 bits per heavy atom. The molecule has 6 nitrogen and oxygen atoms in total. The molecule has 0 bridgehead atoms. The molecule has 1 aromatic heterocycles. The van der Waals surface area contributed by atoms with Crippen LogP contribution in [0.2, 0.25) is 0 Å². The number of aromatic nitrogens is 2. The van der Waals surface area contributed by atoms with Crippen molar-refractivity contribution in [1.29, 1.82) is 0 Å². The first-order valence-corrected chi connectivity index (χ1v) is 7.95. The molecule has 0 unspecified atom stereocenters. The van der Waals surface area contributed by atoms with Gasteiger partial charge in [-0.15, -0.1) is 24.0 Å². The zero-order valence-electron chi connectivity index (χ0n) is 14.2. The van der Waals surface area contributed by atoms with Crippen molar-refractivity contribution in [2.75, 3.05) is 19.7 Å². The summed E-state index contributed by atoms with van der Waals surface area (Å²) in [5, 5.41) is 10.7. The van der Waals surface area contributed by atoms with Crippen LogP contribution in [0.25, 0.3) is 0 Å². The lowest BCUT2D eigenvalue weighted by atomic mass is 10.3. The normalized spacial score (nSPS) is 10.8. The minimum Gasteiger partial charge on any atom is -0.494 e. The van der Waals surface area contributed by atoms with Gasteiger partial charge in [0.15, 0.2) is 5.96 Å². The predicted octanol–water partition coefficient (Wildman–Crippen LogP) is 2.56. The monoisotopic (exact) mass is 443 g/mol. The lowest BCUT2D eigenvalue weighted by Crippen LogP contribution is -2.38. The molecule has 1 heterocycles. The summed E-state index contributed by atoms with van der Waals surface area (Å²) in [6.45, 7) is 4.99. The lowest BCUT2D eigenvalue weighted by molar-refractivity contribution is 0.311. The zero-order valence-corrected chi connectivity index (χ0v) is 16.6. The molecule has 1 aromatic carbocycles. The second-order valence-electron chi connectivity index (χ2n) is 5.16. The van der Waals surface area contributed by atoms with E-state index in [2.05, 4.69) is 27.6 Å². The van der Waals surface area contributed by atoms with Gasteiger partial charge < -0.3 is 15.4 Å². The molecule has 0 aliphatic heterocycles. The molecule has 0 atom stereocenters. The number of nitrogens with zero attached hydrogens (tertiary/aromatic N) is 3. The molecule has 0 fully saturated rings. The number of aryl methyl sites for hydroxylation is 1. The van der Waals surface area contributed by atoms with Crippen LogP contribution in [0.3, 0.4) is 0 Å². The van der Waals surface area contributed by atoms with Crippen LogP contribution >= 0.6 is 24.0 Å². The number of guanidine groups is 1. The van der Waals surface area contributed by atoms with Crippen molar-refractivity contribution in [3.8, 4) is 5.75 Å². The lowest BCUT2D eigenvalue weighted by Gasteiger charge is -2.11. The molecule has 7 heteroatoms. The third-order valence-electron chi connectivity index (χ3n) is 3.15. The molecule has 0 radical (unpaired) electrons. The molecule has 0 saturated carbocycles. The van der Waals surface area contributed by atoms with Gasteiger partial charge in [-0.1, -0.05) is 18.2 Å². The fraction of sp³-hybridized carbons (Fsp3) is 0.412. The standard InChI is InChI=1S/C17H25N5O.HI/c1-3-18-17(20-12-15-13-21-22(2)14-15)19-10-7-11-23-16-8-5-4-6-9-16;/h4-6,8-9,13-14H,3,7,10-12H2,1-2H3,(H2,18,19,20);1H. The smallest absolute Gasteiger partial charge is 0.191 e. The number of hydrogen-bond acceptors (Lipinski definition) is 3. The van der Waals surface area contributed by atoms with Gasteiger partial charge >= 0.3 is 0 Å². The van der Waals surface area contributed by atoms with Crippen molar-refractivity contribution >= 4 is 29.9 Å². The van der Waals surface area contributed by atoms with Crippen molar-refractivity contribution < 1.29 is 4.74 Å². The number of para-hydroxylation sites is 1. The summed E-state index contributed by atoms with van der Waals surface area (Å²) < 4.78 is 7.45. The van der Waals surface area contributed by atoms with E-state index in [9.17, 15) is 0 Å². The maximum absolute atomic E-state index is 5.67. The van der Waals surface area contributed by atoms with E-state index < -0.39 is 0 Å². The summed E-state index contributed by atoms with van der Waals surface area (Å²) in [6.07, 6.45) is 4.72. The third-order valence-corrected chi connectivity index (χ3v) is 3.15. The number of rotatable bonds is 8. The fourth-order valence-electron chi connectivity index (χ4n) is 2.05. The Labute approximate surface area is 160 Å². The van der Waals surface area contributed by atoms with Gasteiger partial charge in [-0.05, 0) is 25.5 Å². The molecule has 0 aliphatic rings.